The van der Waals surface area contributed by atoms with Crippen LogP contribution in [0.2, 0.25) is 0 Å². The lowest BCUT2D eigenvalue weighted by atomic mass is 9.96. The molecule has 2 rings (SSSR count). The third-order valence-electron chi connectivity index (χ3n) is 14.4. The van der Waals surface area contributed by atoms with Gasteiger partial charge in [0.05, 0.1) is 0 Å². The molecule has 4 unspecified atom stereocenters. The number of hydrogen-bond acceptors (Lipinski definition) is 10. The molecule has 21 nitrogen and oxygen atoms in total. The molecule has 1 saturated heterocycles. The minimum Gasteiger partial charge on any atom is -0.354 e. The predicted molar refractivity (Wildman–Crippen MR) is 315 cm³/mol. The average molecular weight is 1140 g/mol. The van der Waals surface area contributed by atoms with Gasteiger partial charge in [0.15, 0.2) is 0 Å². The van der Waals surface area contributed by atoms with E-state index in [4.69, 9.17) is 0 Å². The summed E-state index contributed by atoms with van der Waals surface area (Å²) in [6.45, 7) is 25.9. The van der Waals surface area contributed by atoms with Crippen molar-refractivity contribution in [3.8, 4) is 0 Å². The Morgan fingerprint density at radius 3 is 1.53 bits per heavy atom. The topological polar surface area (TPSA) is 287 Å². The molecule has 460 valence electrons. The Morgan fingerprint density at radius 1 is 0.506 bits per heavy atom. The summed E-state index contributed by atoms with van der Waals surface area (Å²) in [6.07, 6.45) is 14.5. The van der Waals surface area contributed by atoms with Gasteiger partial charge in [0, 0.05) is 51.4 Å². The van der Waals surface area contributed by atoms with E-state index in [2.05, 4.69) is 61.7 Å². The molecule has 1 aromatic heterocycles. The highest BCUT2D eigenvalue weighted by Crippen LogP contribution is 2.21. The van der Waals surface area contributed by atoms with Crippen LogP contribution in [0, 0.1) is 17.8 Å². The molecule has 0 aliphatic carbocycles. The fourth-order valence-corrected chi connectivity index (χ4v) is 9.51. The first-order chi connectivity index (χ1) is 37.9. The minimum absolute atomic E-state index is 0.0254. The quantitative estimate of drug-likeness (QED) is 0.0391. The lowest BCUT2D eigenvalue weighted by Gasteiger charge is -2.34. The van der Waals surface area contributed by atoms with Crippen molar-refractivity contribution in [1.29, 1.82) is 0 Å². The number of rotatable bonds is 38. The molecule has 1 aliphatic heterocycles. The molecule has 10 amide bonds. The monoisotopic (exact) mass is 1140 g/mol. The number of nitrogens with one attached hydrogen (secondary N) is 9. The number of nitrogens with zero attached hydrogens (tertiary/aromatic N) is 2. The van der Waals surface area contributed by atoms with Crippen molar-refractivity contribution >= 4 is 59.1 Å². The molecule has 81 heavy (non-hydrogen) atoms. The average Bonchev–Trinajstić information content (AvgIpc) is 4.11. The molecule has 2 heterocycles. The van der Waals surface area contributed by atoms with Crippen LogP contribution in [-0.2, 0) is 54.5 Å². The van der Waals surface area contributed by atoms with E-state index in [0.29, 0.717) is 51.7 Å². The van der Waals surface area contributed by atoms with Crippen molar-refractivity contribution in [2.75, 3.05) is 19.6 Å². The number of likely N-dealkylation sites (tertiary alicyclic amines) is 1. The highest BCUT2D eigenvalue weighted by atomic mass is 16.2. The molecule has 1 aromatic rings. The second kappa shape index (κ2) is 35.1. The van der Waals surface area contributed by atoms with Crippen molar-refractivity contribution in [1.82, 2.24) is 57.3 Å². The van der Waals surface area contributed by atoms with Crippen molar-refractivity contribution in [2.45, 2.75) is 259 Å². The summed E-state index contributed by atoms with van der Waals surface area (Å²) in [5.41, 5.74) is -4.65. The van der Waals surface area contributed by atoms with E-state index in [1.807, 2.05) is 70.6 Å². The fraction of sp³-hybridized carbons (Fsp3) is 0.767. The number of amides is 10. The minimum atomic E-state index is -1.62. The molecule has 0 radical (unpaired) electrons. The highest BCUT2D eigenvalue weighted by Gasteiger charge is 2.41. The zero-order valence-corrected chi connectivity index (χ0v) is 51.8. The summed E-state index contributed by atoms with van der Waals surface area (Å²) in [6, 6.07) is -1.31. The van der Waals surface area contributed by atoms with Crippen LogP contribution >= 0.6 is 0 Å². The third kappa shape index (κ3) is 26.2. The zero-order valence-electron chi connectivity index (χ0n) is 51.8. The maximum Gasteiger partial charge on any atom is 0.246 e. The van der Waals surface area contributed by atoms with Gasteiger partial charge >= 0.3 is 0 Å². The summed E-state index contributed by atoms with van der Waals surface area (Å²) in [5, 5.41) is 25.1. The van der Waals surface area contributed by atoms with Crippen molar-refractivity contribution in [3.05, 3.63) is 24.5 Å². The number of carbonyl (C=O) groups is 10. The Kier molecular flexibility index (Phi) is 30.8. The fourth-order valence-electron chi connectivity index (χ4n) is 9.51. The molecule has 0 spiro atoms. The van der Waals surface area contributed by atoms with Gasteiger partial charge in [-0.25, -0.2) is 0 Å². The van der Waals surface area contributed by atoms with Crippen LogP contribution in [-0.4, -0.2) is 135 Å². The summed E-state index contributed by atoms with van der Waals surface area (Å²) in [5.74, 6) is -5.48. The van der Waals surface area contributed by atoms with Crippen molar-refractivity contribution < 1.29 is 47.9 Å². The molecule has 0 aromatic carbocycles. The molecule has 21 heteroatoms. The van der Waals surface area contributed by atoms with Crippen LogP contribution in [0.1, 0.15) is 206 Å². The van der Waals surface area contributed by atoms with E-state index in [1.54, 1.807) is 4.90 Å². The van der Waals surface area contributed by atoms with Crippen LogP contribution < -0.4 is 47.9 Å². The molecule has 5 atom stereocenters. The first kappa shape index (κ1) is 71.1. The molecular weight excluding hydrogens is 1030 g/mol. The van der Waals surface area contributed by atoms with Gasteiger partial charge in [-0.1, -0.05) is 107 Å². The van der Waals surface area contributed by atoms with E-state index < -0.39 is 94.1 Å². The van der Waals surface area contributed by atoms with Crippen LogP contribution in [0.15, 0.2) is 24.5 Å². The third-order valence-corrected chi connectivity index (χ3v) is 14.4. The van der Waals surface area contributed by atoms with Gasteiger partial charge in [-0.15, -0.1) is 0 Å². The van der Waals surface area contributed by atoms with E-state index in [0.717, 1.165) is 51.4 Å². The number of aromatic nitrogens is 1. The largest absolute Gasteiger partial charge is 0.354 e. The van der Waals surface area contributed by atoms with Gasteiger partial charge in [-0.05, 0) is 116 Å². The maximum absolute atomic E-state index is 14.3. The lowest BCUT2D eigenvalue weighted by Crippen LogP contribution is -2.65. The Hall–Kier alpha value is -6.02. The van der Waals surface area contributed by atoms with Crippen molar-refractivity contribution in [2.24, 2.45) is 17.8 Å². The van der Waals surface area contributed by atoms with Crippen LogP contribution in [0.3, 0.4) is 0 Å². The Labute approximate surface area is 484 Å². The standard InChI is InChI=1S/C60H105N11O10/c1-15-17-19-20-21-23-27-43(63-54(78)47-28-26-35-71(47)49(73)29-22-18-16-2)50(74)64-45(38-41(5)6)52(76)67-59(11,12)56(80)66-44(37-40(3)4)51(75)65-46(39-42(7)8)53(77)68-60(13,14)57(81)69-58(9,10)55(79)62-31-30-48(72)61-32-36-70-33-24-25-34-70/h24-25,33-34,40-47H,15-23,26-32,35-39H2,1-14H3,(H,61,72)(H,62,79)(H,63,78)(H,64,74)(H,65,75)(H,66,80)(H,67,76)(H,68,77)(H,69,81)/t43?,44?,45?,46?,47-/m0/s1. The number of hydrogen-bond donors (Lipinski definition) is 9. The first-order valence-corrected chi connectivity index (χ1v) is 30.1. The second-order valence-electron chi connectivity index (χ2n) is 24.9. The Bertz CT molecular complexity index is 2190. The van der Waals surface area contributed by atoms with Crippen LogP contribution in [0.25, 0.3) is 0 Å². The van der Waals surface area contributed by atoms with E-state index >= 15 is 0 Å². The molecule has 1 fully saturated rings. The first-order valence-electron chi connectivity index (χ1n) is 30.1. The predicted octanol–water partition coefficient (Wildman–Crippen LogP) is 5.19. The van der Waals surface area contributed by atoms with Gasteiger partial charge in [0.25, 0.3) is 0 Å². The van der Waals surface area contributed by atoms with E-state index in [1.165, 1.54) is 41.5 Å². The van der Waals surface area contributed by atoms with E-state index in [-0.39, 0.29) is 61.8 Å². The van der Waals surface area contributed by atoms with Crippen LogP contribution in [0.5, 0.6) is 0 Å². The summed E-state index contributed by atoms with van der Waals surface area (Å²) in [7, 11) is 0. The van der Waals surface area contributed by atoms with Crippen molar-refractivity contribution in [3.63, 3.8) is 0 Å². The Balaban J connectivity index is 2.20. The van der Waals surface area contributed by atoms with Crippen LogP contribution in [0.4, 0.5) is 0 Å². The number of carbonyl (C=O) groups excluding carboxylic acids is 10. The zero-order chi connectivity index (χ0) is 61.1. The molecule has 0 saturated carbocycles. The molecular formula is C60H105N11O10. The van der Waals surface area contributed by atoms with E-state index in [9.17, 15) is 47.9 Å². The molecule has 9 N–H and O–H groups in total. The van der Waals surface area contributed by atoms with Gasteiger partial charge in [-0.2, -0.15) is 0 Å². The highest BCUT2D eigenvalue weighted by molar-refractivity contribution is 6.00. The second-order valence-corrected chi connectivity index (χ2v) is 24.9. The van der Waals surface area contributed by atoms with Gasteiger partial charge in [0.1, 0.15) is 46.8 Å². The normalized spacial score (nSPS) is 15.3. The van der Waals surface area contributed by atoms with Gasteiger partial charge < -0.3 is 57.3 Å². The summed E-state index contributed by atoms with van der Waals surface area (Å²) in [4.78, 5) is 139. The van der Waals surface area contributed by atoms with Gasteiger partial charge in [-0.3, -0.25) is 47.9 Å². The smallest absolute Gasteiger partial charge is 0.246 e. The van der Waals surface area contributed by atoms with Gasteiger partial charge in [0.2, 0.25) is 59.1 Å². The molecule has 0 bridgehead atoms. The maximum atomic E-state index is 14.3. The SMILES string of the molecule is CCCCCCCCC(NC(=O)[C@@H]1CCCN1C(=O)CCCCC)C(=O)NC(CC(C)C)C(=O)NC(C)(C)C(=O)NC(CC(C)C)C(=O)NC(CC(C)C)C(=O)NC(C)(C)C(=O)NC(C)(C)C(=O)NCCC(=O)NCCn1cccc1. The Morgan fingerprint density at radius 2 is 0.988 bits per heavy atom. The summed E-state index contributed by atoms with van der Waals surface area (Å²) >= 11 is 0. The lowest BCUT2D eigenvalue weighted by molar-refractivity contribution is -0.140. The number of unbranched alkanes of at least 4 members (excludes halogenated alkanes) is 7. The summed E-state index contributed by atoms with van der Waals surface area (Å²) < 4.78 is 1.93. The molecule has 1 aliphatic rings.